The fourth-order valence-corrected chi connectivity index (χ4v) is 2.28. The summed E-state index contributed by atoms with van der Waals surface area (Å²) in [6.45, 7) is 1.00. The Morgan fingerprint density at radius 2 is 2.38 bits per heavy atom. The summed E-state index contributed by atoms with van der Waals surface area (Å²) in [4.78, 5) is 0. The summed E-state index contributed by atoms with van der Waals surface area (Å²) in [5.74, 6) is 0.842. The standard InChI is InChI=1S/C11H11N3OS/c1-3-8-4-2-6-12-10(8)9(5-1)15-11-14-13-7-16-11/h1,3,5,7,12H,2,4,6H2. The van der Waals surface area contributed by atoms with E-state index in [1.807, 2.05) is 12.1 Å². The van der Waals surface area contributed by atoms with Gasteiger partial charge in [-0.25, -0.2) is 0 Å². The van der Waals surface area contributed by atoms with Gasteiger partial charge in [0.15, 0.2) is 5.75 Å². The molecule has 1 aromatic heterocycles. The molecule has 1 aliphatic rings. The molecule has 1 aromatic carbocycles. The molecule has 0 atom stereocenters. The lowest BCUT2D eigenvalue weighted by atomic mass is 10.0. The number of nitrogens with one attached hydrogen (secondary N) is 1. The van der Waals surface area contributed by atoms with E-state index >= 15 is 0 Å². The Morgan fingerprint density at radius 1 is 1.38 bits per heavy atom. The maximum Gasteiger partial charge on any atom is 0.299 e. The van der Waals surface area contributed by atoms with Crippen LogP contribution in [0.5, 0.6) is 10.9 Å². The number of benzene rings is 1. The first-order valence-corrected chi connectivity index (χ1v) is 6.11. The Labute approximate surface area is 97.3 Å². The van der Waals surface area contributed by atoms with Crippen LogP contribution >= 0.6 is 11.3 Å². The third kappa shape index (κ3) is 1.74. The monoisotopic (exact) mass is 233 g/mol. The van der Waals surface area contributed by atoms with Gasteiger partial charge in [-0.05, 0) is 24.5 Å². The third-order valence-electron chi connectivity index (χ3n) is 2.57. The van der Waals surface area contributed by atoms with E-state index in [1.54, 1.807) is 5.51 Å². The number of aryl methyl sites for hydroxylation is 1. The minimum Gasteiger partial charge on any atom is -0.428 e. The van der Waals surface area contributed by atoms with E-state index in [2.05, 4.69) is 21.6 Å². The highest BCUT2D eigenvalue weighted by Gasteiger charge is 2.14. The van der Waals surface area contributed by atoms with E-state index in [0.717, 1.165) is 24.4 Å². The quantitative estimate of drug-likeness (QED) is 0.866. The summed E-state index contributed by atoms with van der Waals surface area (Å²) in [5.41, 5.74) is 4.08. The first-order valence-electron chi connectivity index (χ1n) is 5.23. The van der Waals surface area contributed by atoms with Crippen LogP contribution in [-0.2, 0) is 6.42 Å². The number of fused-ring (bicyclic) bond motifs is 1. The predicted octanol–water partition coefficient (Wildman–Crippen LogP) is 2.69. The molecule has 0 unspecified atom stereocenters. The van der Waals surface area contributed by atoms with Gasteiger partial charge in [0.2, 0.25) is 0 Å². The van der Waals surface area contributed by atoms with Crippen molar-refractivity contribution >= 4 is 17.0 Å². The zero-order valence-corrected chi connectivity index (χ0v) is 9.46. The van der Waals surface area contributed by atoms with Crippen LogP contribution in [0.2, 0.25) is 0 Å². The molecule has 5 heteroatoms. The highest BCUT2D eigenvalue weighted by Crippen LogP contribution is 2.35. The van der Waals surface area contributed by atoms with Crippen LogP contribution in [0.3, 0.4) is 0 Å². The second-order valence-corrected chi connectivity index (χ2v) is 4.42. The Kier molecular flexibility index (Phi) is 2.46. The average Bonchev–Trinajstić information content (AvgIpc) is 2.82. The van der Waals surface area contributed by atoms with E-state index < -0.39 is 0 Å². The second kappa shape index (κ2) is 4.09. The van der Waals surface area contributed by atoms with Crippen LogP contribution in [0.15, 0.2) is 23.7 Å². The third-order valence-corrected chi connectivity index (χ3v) is 3.14. The summed E-state index contributed by atoms with van der Waals surface area (Å²) in [6.07, 6.45) is 2.28. The SMILES string of the molecule is c1cc2c(c(Oc3nncs3)c1)NCCC2. The van der Waals surface area contributed by atoms with E-state index in [0.29, 0.717) is 5.19 Å². The molecule has 0 bridgehead atoms. The van der Waals surface area contributed by atoms with Crippen molar-refractivity contribution in [3.8, 4) is 10.9 Å². The largest absolute Gasteiger partial charge is 0.428 e. The summed E-state index contributed by atoms with van der Waals surface area (Å²) >= 11 is 1.40. The maximum atomic E-state index is 5.70. The van der Waals surface area contributed by atoms with E-state index in [1.165, 1.54) is 23.3 Å². The first-order chi connectivity index (χ1) is 7.93. The molecule has 2 aromatic rings. The first kappa shape index (κ1) is 9.59. The number of rotatable bonds is 2. The van der Waals surface area contributed by atoms with Gasteiger partial charge in [-0.2, -0.15) is 0 Å². The minimum absolute atomic E-state index is 0.584. The molecule has 82 valence electrons. The number of hydrogen-bond donors (Lipinski definition) is 1. The van der Waals surface area contributed by atoms with Gasteiger partial charge in [0, 0.05) is 6.54 Å². The Hall–Kier alpha value is -1.62. The number of nitrogens with zero attached hydrogens (tertiary/aromatic N) is 2. The Balaban J connectivity index is 1.94. The van der Waals surface area contributed by atoms with Crippen LogP contribution in [-0.4, -0.2) is 16.7 Å². The fourth-order valence-electron chi connectivity index (χ4n) is 1.86. The molecule has 0 amide bonds. The molecule has 0 aliphatic carbocycles. The molecule has 1 aliphatic heterocycles. The average molecular weight is 233 g/mol. The lowest BCUT2D eigenvalue weighted by molar-refractivity contribution is 0.473. The molecule has 4 nitrogen and oxygen atoms in total. The van der Waals surface area contributed by atoms with E-state index in [4.69, 9.17) is 4.74 Å². The minimum atomic E-state index is 0.584. The zero-order chi connectivity index (χ0) is 10.8. The maximum absolute atomic E-state index is 5.70. The van der Waals surface area contributed by atoms with E-state index in [9.17, 15) is 0 Å². The van der Waals surface area contributed by atoms with Gasteiger partial charge in [0.1, 0.15) is 5.51 Å². The Morgan fingerprint density at radius 3 is 3.25 bits per heavy atom. The Bertz CT molecular complexity index is 484. The smallest absolute Gasteiger partial charge is 0.299 e. The molecule has 0 saturated heterocycles. The molecular weight excluding hydrogens is 222 g/mol. The molecule has 2 heterocycles. The van der Waals surface area contributed by atoms with Crippen molar-refractivity contribution in [3.05, 3.63) is 29.3 Å². The summed E-state index contributed by atoms with van der Waals surface area (Å²) in [5, 5.41) is 11.6. The summed E-state index contributed by atoms with van der Waals surface area (Å²) < 4.78 is 5.70. The van der Waals surface area contributed by atoms with Crippen molar-refractivity contribution in [3.63, 3.8) is 0 Å². The number of aromatic nitrogens is 2. The van der Waals surface area contributed by atoms with Crippen molar-refractivity contribution in [1.29, 1.82) is 0 Å². The summed E-state index contributed by atoms with van der Waals surface area (Å²) in [6, 6.07) is 6.11. The second-order valence-electron chi connectivity index (χ2n) is 3.63. The van der Waals surface area contributed by atoms with Gasteiger partial charge in [0.05, 0.1) is 5.69 Å². The van der Waals surface area contributed by atoms with Gasteiger partial charge in [-0.15, -0.1) is 5.10 Å². The topological polar surface area (TPSA) is 47.0 Å². The number of anilines is 1. The molecule has 1 N–H and O–H groups in total. The van der Waals surface area contributed by atoms with Crippen molar-refractivity contribution in [2.75, 3.05) is 11.9 Å². The molecule has 0 radical (unpaired) electrons. The van der Waals surface area contributed by atoms with Crippen LogP contribution in [0.1, 0.15) is 12.0 Å². The van der Waals surface area contributed by atoms with Crippen LogP contribution in [0, 0.1) is 0 Å². The lowest BCUT2D eigenvalue weighted by Crippen LogP contribution is -2.12. The van der Waals surface area contributed by atoms with Crippen molar-refractivity contribution in [2.45, 2.75) is 12.8 Å². The van der Waals surface area contributed by atoms with Gasteiger partial charge in [-0.1, -0.05) is 28.6 Å². The zero-order valence-electron chi connectivity index (χ0n) is 8.64. The van der Waals surface area contributed by atoms with Gasteiger partial charge >= 0.3 is 0 Å². The van der Waals surface area contributed by atoms with E-state index in [-0.39, 0.29) is 0 Å². The predicted molar refractivity (Wildman–Crippen MR) is 63.2 cm³/mol. The number of ether oxygens (including phenoxy) is 1. The van der Waals surface area contributed by atoms with Crippen LogP contribution in [0.4, 0.5) is 5.69 Å². The molecule has 0 fully saturated rings. The van der Waals surface area contributed by atoms with Crippen molar-refractivity contribution < 1.29 is 4.74 Å². The number of para-hydroxylation sites is 1. The molecule has 3 rings (SSSR count). The van der Waals surface area contributed by atoms with Crippen LogP contribution in [0.25, 0.3) is 0 Å². The lowest BCUT2D eigenvalue weighted by Gasteiger charge is -2.20. The van der Waals surface area contributed by atoms with Crippen LogP contribution < -0.4 is 10.1 Å². The molecule has 16 heavy (non-hydrogen) atoms. The van der Waals surface area contributed by atoms with Gasteiger partial charge in [0.25, 0.3) is 5.19 Å². The molecular formula is C11H11N3OS. The van der Waals surface area contributed by atoms with Crippen molar-refractivity contribution in [1.82, 2.24) is 10.2 Å². The van der Waals surface area contributed by atoms with Crippen molar-refractivity contribution in [2.24, 2.45) is 0 Å². The molecule has 0 spiro atoms. The highest BCUT2D eigenvalue weighted by atomic mass is 32.1. The highest BCUT2D eigenvalue weighted by molar-refractivity contribution is 7.11. The van der Waals surface area contributed by atoms with Gasteiger partial charge < -0.3 is 10.1 Å². The number of hydrogen-bond acceptors (Lipinski definition) is 5. The molecule has 0 saturated carbocycles. The van der Waals surface area contributed by atoms with Gasteiger partial charge in [-0.3, -0.25) is 0 Å². The summed E-state index contributed by atoms with van der Waals surface area (Å²) in [7, 11) is 0. The normalized spacial score (nSPS) is 14.0. The fraction of sp³-hybridized carbons (Fsp3) is 0.273.